The van der Waals surface area contributed by atoms with Crippen molar-refractivity contribution in [2.45, 2.75) is 30.8 Å². The minimum atomic E-state index is -3.36. The normalized spacial score (nSPS) is 18.8. The Bertz CT molecular complexity index is 642. The van der Waals surface area contributed by atoms with Gasteiger partial charge in [-0.2, -0.15) is 5.26 Å². The Balaban J connectivity index is 1.92. The van der Waals surface area contributed by atoms with Gasteiger partial charge in [-0.1, -0.05) is 6.07 Å². The first-order valence-corrected chi connectivity index (χ1v) is 9.21. The summed E-state index contributed by atoms with van der Waals surface area (Å²) in [5.74, 6) is 0.376. The van der Waals surface area contributed by atoms with Crippen LogP contribution >= 0.6 is 0 Å². The van der Waals surface area contributed by atoms with E-state index in [9.17, 15) is 13.5 Å². The maximum absolute atomic E-state index is 12.3. The van der Waals surface area contributed by atoms with Crippen molar-refractivity contribution in [2.75, 3.05) is 25.4 Å². The number of rotatable bonds is 5. The summed E-state index contributed by atoms with van der Waals surface area (Å²) in [6.45, 7) is 3.95. The van der Waals surface area contributed by atoms with Crippen LogP contribution in [0.5, 0.6) is 0 Å². The standard InChI is InChI=1S/C16H22N2O3S/c1-13(19)15-5-7-18(8-6-15)9-10-22(20,21)16-4-2-3-14(11-16)12-17/h2-4,11,13,15,19H,5-10H2,1H3. The molecule has 0 bridgehead atoms. The molecule has 0 aliphatic carbocycles. The summed E-state index contributed by atoms with van der Waals surface area (Å²) < 4.78 is 24.7. The van der Waals surface area contributed by atoms with E-state index < -0.39 is 9.84 Å². The summed E-state index contributed by atoms with van der Waals surface area (Å²) in [5, 5.41) is 18.4. The van der Waals surface area contributed by atoms with Gasteiger partial charge in [-0.3, -0.25) is 0 Å². The average Bonchev–Trinajstić information content (AvgIpc) is 2.53. The molecule has 0 radical (unpaired) electrons. The summed E-state index contributed by atoms with van der Waals surface area (Å²) in [4.78, 5) is 2.34. The summed E-state index contributed by atoms with van der Waals surface area (Å²) >= 11 is 0. The third-order valence-corrected chi connectivity index (χ3v) is 6.01. The molecule has 1 saturated heterocycles. The molecule has 120 valence electrons. The number of nitrogens with zero attached hydrogens (tertiary/aromatic N) is 2. The van der Waals surface area contributed by atoms with E-state index in [0.717, 1.165) is 25.9 Å². The van der Waals surface area contributed by atoms with Gasteiger partial charge in [-0.25, -0.2) is 8.42 Å². The predicted molar refractivity (Wildman–Crippen MR) is 84.1 cm³/mol. The highest BCUT2D eigenvalue weighted by Crippen LogP contribution is 2.21. The van der Waals surface area contributed by atoms with E-state index in [1.807, 2.05) is 13.0 Å². The minimum absolute atomic E-state index is 0.0568. The van der Waals surface area contributed by atoms with Gasteiger partial charge in [-0.15, -0.1) is 0 Å². The van der Waals surface area contributed by atoms with Crippen molar-refractivity contribution < 1.29 is 13.5 Å². The van der Waals surface area contributed by atoms with Crippen molar-refractivity contribution in [1.82, 2.24) is 4.90 Å². The topological polar surface area (TPSA) is 81.4 Å². The first-order valence-electron chi connectivity index (χ1n) is 7.56. The Labute approximate surface area is 132 Å². The van der Waals surface area contributed by atoms with Crippen LogP contribution in [0.3, 0.4) is 0 Å². The fourth-order valence-corrected chi connectivity index (χ4v) is 4.11. The van der Waals surface area contributed by atoms with E-state index in [1.54, 1.807) is 12.1 Å². The molecule has 5 nitrogen and oxygen atoms in total. The lowest BCUT2D eigenvalue weighted by Crippen LogP contribution is -2.39. The molecule has 1 aliphatic rings. The number of aliphatic hydroxyl groups excluding tert-OH is 1. The fourth-order valence-electron chi connectivity index (χ4n) is 2.79. The number of nitriles is 1. The lowest BCUT2D eigenvalue weighted by molar-refractivity contribution is 0.0739. The molecule has 1 fully saturated rings. The quantitative estimate of drug-likeness (QED) is 0.887. The highest BCUT2D eigenvalue weighted by atomic mass is 32.2. The molecule has 1 unspecified atom stereocenters. The number of hydrogen-bond acceptors (Lipinski definition) is 5. The van der Waals surface area contributed by atoms with Crippen molar-refractivity contribution in [3.8, 4) is 6.07 Å². The van der Waals surface area contributed by atoms with Crippen LogP contribution in [0.15, 0.2) is 29.2 Å². The lowest BCUT2D eigenvalue weighted by atomic mass is 9.92. The van der Waals surface area contributed by atoms with Crippen LogP contribution in [0.25, 0.3) is 0 Å². The Morgan fingerprint density at radius 2 is 2.09 bits per heavy atom. The second-order valence-corrected chi connectivity index (χ2v) is 7.99. The molecule has 1 heterocycles. The molecule has 0 aromatic heterocycles. The molecule has 0 spiro atoms. The van der Waals surface area contributed by atoms with Crippen LogP contribution in [0.4, 0.5) is 0 Å². The summed E-state index contributed by atoms with van der Waals surface area (Å²) in [6.07, 6.45) is 1.52. The van der Waals surface area contributed by atoms with Crippen molar-refractivity contribution >= 4 is 9.84 Å². The third-order valence-electron chi connectivity index (χ3n) is 4.31. The second kappa shape index (κ2) is 7.23. The minimum Gasteiger partial charge on any atom is -0.393 e. The number of benzene rings is 1. The molecule has 0 amide bonds. The molecule has 1 aromatic rings. The Morgan fingerprint density at radius 3 is 2.68 bits per heavy atom. The molecule has 0 saturated carbocycles. The van der Waals surface area contributed by atoms with Gasteiger partial charge in [0.2, 0.25) is 0 Å². The molecule has 1 aromatic carbocycles. The van der Waals surface area contributed by atoms with Gasteiger partial charge in [0.05, 0.1) is 28.4 Å². The molecule has 6 heteroatoms. The molecule has 1 aliphatic heterocycles. The zero-order chi connectivity index (χ0) is 16.2. The second-order valence-electron chi connectivity index (χ2n) is 5.88. The maximum atomic E-state index is 12.3. The third kappa shape index (κ3) is 4.29. The predicted octanol–water partition coefficient (Wildman–Crippen LogP) is 1.42. The van der Waals surface area contributed by atoms with E-state index in [-0.39, 0.29) is 16.8 Å². The van der Waals surface area contributed by atoms with Gasteiger partial charge in [0.15, 0.2) is 9.84 Å². The van der Waals surface area contributed by atoms with Crippen LogP contribution in [-0.4, -0.2) is 49.9 Å². The zero-order valence-corrected chi connectivity index (χ0v) is 13.6. The number of likely N-dealkylation sites (tertiary alicyclic amines) is 1. The number of aliphatic hydroxyl groups is 1. The van der Waals surface area contributed by atoms with E-state index in [0.29, 0.717) is 18.0 Å². The highest BCUT2D eigenvalue weighted by Gasteiger charge is 2.24. The number of piperidine rings is 1. The lowest BCUT2D eigenvalue weighted by Gasteiger charge is -2.33. The Kier molecular flexibility index (Phi) is 5.57. The highest BCUT2D eigenvalue weighted by molar-refractivity contribution is 7.91. The van der Waals surface area contributed by atoms with E-state index in [1.165, 1.54) is 12.1 Å². The van der Waals surface area contributed by atoms with Gasteiger partial charge in [0.1, 0.15) is 0 Å². The number of hydrogen-bond donors (Lipinski definition) is 1. The molecule has 1 N–H and O–H groups in total. The van der Waals surface area contributed by atoms with Crippen molar-refractivity contribution in [3.63, 3.8) is 0 Å². The first-order chi connectivity index (χ1) is 10.4. The average molecular weight is 322 g/mol. The van der Waals surface area contributed by atoms with E-state index in [2.05, 4.69) is 4.90 Å². The molecule has 1 atom stereocenters. The Morgan fingerprint density at radius 1 is 1.41 bits per heavy atom. The van der Waals surface area contributed by atoms with Gasteiger partial charge < -0.3 is 10.0 Å². The molecular formula is C16H22N2O3S. The maximum Gasteiger partial charge on any atom is 0.179 e. The van der Waals surface area contributed by atoms with Crippen LogP contribution in [0, 0.1) is 17.2 Å². The smallest absolute Gasteiger partial charge is 0.179 e. The monoisotopic (exact) mass is 322 g/mol. The van der Waals surface area contributed by atoms with Crippen LogP contribution in [0.2, 0.25) is 0 Å². The van der Waals surface area contributed by atoms with Crippen molar-refractivity contribution in [3.05, 3.63) is 29.8 Å². The molecule has 22 heavy (non-hydrogen) atoms. The first kappa shape index (κ1) is 16.9. The van der Waals surface area contributed by atoms with E-state index >= 15 is 0 Å². The van der Waals surface area contributed by atoms with Crippen LogP contribution in [-0.2, 0) is 9.84 Å². The summed E-state index contributed by atoms with van der Waals surface area (Å²) in [6, 6.07) is 8.12. The fraction of sp³-hybridized carbons (Fsp3) is 0.562. The Hall–Kier alpha value is -1.42. The summed E-state index contributed by atoms with van der Waals surface area (Å²) in [5.41, 5.74) is 0.360. The van der Waals surface area contributed by atoms with Crippen molar-refractivity contribution in [2.24, 2.45) is 5.92 Å². The van der Waals surface area contributed by atoms with Gasteiger partial charge in [0, 0.05) is 6.54 Å². The van der Waals surface area contributed by atoms with Crippen LogP contribution in [0.1, 0.15) is 25.3 Å². The number of sulfone groups is 1. The van der Waals surface area contributed by atoms with Gasteiger partial charge >= 0.3 is 0 Å². The van der Waals surface area contributed by atoms with Gasteiger partial charge in [-0.05, 0) is 57.0 Å². The zero-order valence-electron chi connectivity index (χ0n) is 12.8. The molecule has 2 rings (SSSR count). The largest absolute Gasteiger partial charge is 0.393 e. The van der Waals surface area contributed by atoms with Crippen LogP contribution < -0.4 is 0 Å². The molecular weight excluding hydrogens is 300 g/mol. The van der Waals surface area contributed by atoms with Crippen molar-refractivity contribution in [1.29, 1.82) is 5.26 Å². The van der Waals surface area contributed by atoms with Gasteiger partial charge in [0.25, 0.3) is 0 Å². The SMILES string of the molecule is CC(O)C1CCN(CCS(=O)(=O)c2cccc(C#N)c2)CC1. The van der Waals surface area contributed by atoms with E-state index in [4.69, 9.17) is 5.26 Å². The summed E-state index contributed by atoms with van der Waals surface area (Å²) in [7, 11) is -3.36.